The second kappa shape index (κ2) is 5.05. The van der Waals surface area contributed by atoms with E-state index in [2.05, 4.69) is 31.1 Å². The van der Waals surface area contributed by atoms with E-state index in [-0.39, 0.29) is 0 Å². The van der Waals surface area contributed by atoms with Crippen LogP contribution in [0.5, 0.6) is 0 Å². The summed E-state index contributed by atoms with van der Waals surface area (Å²) in [7, 11) is 2.35. The molecule has 2 atom stereocenters. The van der Waals surface area contributed by atoms with Gasteiger partial charge in [0, 0.05) is 24.7 Å². The van der Waals surface area contributed by atoms with Gasteiger partial charge in [-0.15, -0.1) is 0 Å². The first-order valence-electron chi connectivity index (χ1n) is 7.12. The zero-order chi connectivity index (χ0) is 11.6. The van der Waals surface area contributed by atoms with E-state index in [9.17, 15) is 0 Å². The minimum Gasteiger partial charge on any atom is -0.311 e. The van der Waals surface area contributed by atoms with Gasteiger partial charge >= 0.3 is 0 Å². The summed E-state index contributed by atoms with van der Waals surface area (Å²) in [5.74, 6) is 0.809. The maximum absolute atomic E-state index is 3.82. The van der Waals surface area contributed by atoms with Crippen LogP contribution in [0.15, 0.2) is 0 Å². The SMILES string of the molecule is CCC(C)C1CN(C)C2(CCCCC2)CN1. The molecule has 2 fully saturated rings. The number of rotatable bonds is 2. The van der Waals surface area contributed by atoms with Crippen LogP contribution in [0.2, 0.25) is 0 Å². The monoisotopic (exact) mass is 224 g/mol. The van der Waals surface area contributed by atoms with Gasteiger partial charge in [-0.05, 0) is 25.8 Å². The fraction of sp³-hybridized carbons (Fsp3) is 1.00. The van der Waals surface area contributed by atoms with Crippen molar-refractivity contribution in [2.45, 2.75) is 64.0 Å². The van der Waals surface area contributed by atoms with Crippen LogP contribution in [-0.2, 0) is 0 Å². The van der Waals surface area contributed by atoms with E-state index in [4.69, 9.17) is 0 Å². The molecule has 0 amide bonds. The number of piperazine rings is 1. The summed E-state index contributed by atoms with van der Waals surface area (Å²) in [6.07, 6.45) is 8.41. The van der Waals surface area contributed by atoms with Crippen LogP contribution in [-0.4, -0.2) is 36.6 Å². The molecule has 1 spiro atoms. The normalized spacial score (nSPS) is 32.8. The highest BCUT2D eigenvalue weighted by atomic mass is 15.3. The van der Waals surface area contributed by atoms with Crippen LogP contribution < -0.4 is 5.32 Å². The molecule has 16 heavy (non-hydrogen) atoms. The van der Waals surface area contributed by atoms with E-state index in [1.54, 1.807) is 0 Å². The van der Waals surface area contributed by atoms with Crippen molar-refractivity contribution in [1.29, 1.82) is 0 Å². The summed E-state index contributed by atoms with van der Waals surface area (Å²) in [5.41, 5.74) is 0.502. The molecule has 94 valence electrons. The summed E-state index contributed by atoms with van der Waals surface area (Å²) >= 11 is 0. The first kappa shape index (κ1) is 12.4. The molecule has 0 aromatic carbocycles. The lowest BCUT2D eigenvalue weighted by Gasteiger charge is -2.51. The largest absolute Gasteiger partial charge is 0.311 e. The van der Waals surface area contributed by atoms with Gasteiger partial charge in [-0.3, -0.25) is 4.90 Å². The predicted octanol–water partition coefficient (Wildman–Crippen LogP) is 2.64. The molecule has 2 heteroatoms. The first-order valence-corrected chi connectivity index (χ1v) is 7.12. The Hall–Kier alpha value is -0.0800. The quantitative estimate of drug-likeness (QED) is 0.776. The summed E-state index contributed by atoms with van der Waals surface area (Å²) in [5, 5.41) is 3.82. The van der Waals surface area contributed by atoms with Crippen LogP contribution in [0, 0.1) is 5.92 Å². The summed E-state index contributed by atoms with van der Waals surface area (Å²) in [4.78, 5) is 2.67. The third kappa shape index (κ3) is 2.28. The van der Waals surface area contributed by atoms with Gasteiger partial charge in [0.1, 0.15) is 0 Å². The van der Waals surface area contributed by atoms with Gasteiger partial charge in [0.25, 0.3) is 0 Å². The molecule has 0 radical (unpaired) electrons. The summed E-state index contributed by atoms with van der Waals surface area (Å²) < 4.78 is 0. The Kier molecular flexibility index (Phi) is 3.91. The van der Waals surface area contributed by atoms with Gasteiger partial charge in [0.2, 0.25) is 0 Å². The average molecular weight is 224 g/mol. The van der Waals surface area contributed by atoms with Gasteiger partial charge in [-0.1, -0.05) is 39.5 Å². The van der Waals surface area contributed by atoms with Crippen molar-refractivity contribution in [1.82, 2.24) is 10.2 Å². The van der Waals surface area contributed by atoms with Crippen LogP contribution in [0.3, 0.4) is 0 Å². The number of hydrogen-bond acceptors (Lipinski definition) is 2. The van der Waals surface area contributed by atoms with Crippen LogP contribution in [0.25, 0.3) is 0 Å². The molecule has 2 rings (SSSR count). The van der Waals surface area contributed by atoms with Crippen molar-refractivity contribution in [3.8, 4) is 0 Å². The van der Waals surface area contributed by atoms with E-state index < -0.39 is 0 Å². The Balaban J connectivity index is 1.96. The fourth-order valence-corrected chi connectivity index (χ4v) is 3.44. The molecule has 1 saturated heterocycles. The smallest absolute Gasteiger partial charge is 0.0331 e. The van der Waals surface area contributed by atoms with Crippen molar-refractivity contribution in [2.75, 3.05) is 20.1 Å². The van der Waals surface area contributed by atoms with Crippen molar-refractivity contribution >= 4 is 0 Å². The Labute approximate surface area is 101 Å². The highest BCUT2D eigenvalue weighted by molar-refractivity contribution is 4.99. The van der Waals surface area contributed by atoms with E-state index in [0.29, 0.717) is 11.6 Å². The Morgan fingerprint density at radius 1 is 1.31 bits per heavy atom. The molecule has 1 N–H and O–H groups in total. The lowest BCUT2D eigenvalue weighted by Crippen LogP contribution is -2.65. The zero-order valence-corrected chi connectivity index (χ0v) is 11.3. The van der Waals surface area contributed by atoms with Crippen molar-refractivity contribution in [3.63, 3.8) is 0 Å². The molecule has 2 aliphatic rings. The molecule has 0 aromatic heterocycles. The second-order valence-corrected chi connectivity index (χ2v) is 6.04. The molecule has 1 aliphatic carbocycles. The van der Waals surface area contributed by atoms with Gasteiger partial charge in [-0.2, -0.15) is 0 Å². The molecule has 2 nitrogen and oxygen atoms in total. The lowest BCUT2D eigenvalue weighted by molar-refractivity contribution is 0.0214. The topological polar surface area (TPSA) is 15.3 Å². The standard InChI is InChI=1S/C14H28N2/c1-4-12(2)13-10-16(3)14(11-15-13)8-6-5-7-9-14/h12-13,15H,4-11H2,1-3H3. The molecular weight excluding hydrogens is 196 g/mol. The third-order valence-electron chi connectivity index (χ3n) is 5.09. The minimum atomic E-state index is 0.502. The maximum Gasteiger partial charge on any atom is 0.0331 e. The molecule has 1 heterocycles. The van der Waals surface area contributed by atoms with Crippen LogP contribution in [0.4, 0.5) is 0 Å². The highest BCUT2D eigenvalue weighted by Crippen LogP contribution is 2.35. The van der Waals surface area contributed by atoms with Gasteiger partial charge in [-0.25, -0.2) is 0 Å². The van der Waals surface area contributed by atoms with Crippen molar-refractivity contribution in [2.24, 2.45) is 5.92 Å². The van der Waals surface area contributed by atoms with Crippen molar-refractivity contribution < 1.29 is 0 Å². The Morgan fingerprint density at radius 3 is 2.56 bits per heavy atom. The van der Waals surface area contributed by atoms with E-state index >= 15 is 0 Å². The molecule has 0 aromatic rings. The predicted molar refractivity (Wildman–Crippen MR) is 69.7 cm³/mol. The Bertz CT molecular complexity index is 221. The third-order valence-corrected chi connectivity index (χ3v) is 5.09. The van der Waals surface area contributed by atoms with E-state index in [1.807, 2.05) is 0 Å². The zero-order valence-electron chi connectivity index (χ0n) is 11.3. The van der Waals surface area contributed by atoms with Crippen molar-refractivity contribution in [3.05, 3.63) is 0 Å². The Morgan fingerprint density at radius 2 is 2.00 bits per heavy atom. The number of nitrogens with one attached hydrogen (secondary N) is 1. The average Bonchev–Trinajstić information content (AvgIpc) is 2.33. The van der Waals surface area contributed by atoms with E-state index in [0.717, 1.165) is 5.92 Å². The molecule has 0 bridgehead atoms. The second-order valence-electron chi connectivity index (χ2n) is 6.04. The summed E-state index contributed by atoms with van der Waals surface area (Å²) in [6, 6.07) is 0.711. The number of likely N-dealkylation sites (N-methyl/N-ethyl adjacent to an activating group) is 1. The van der Waals surface area contributed by atoms with Gasteiger partial charge in [0.05, 0.1) is 0 Å². The molecule has 1 aliphatic heterocycles. The highest BCUT2D eigenvalue weighted by Gasteiger charge is 2.40. The lowest BCUT2D eigenvalue weighted by atomic mass is 9.78. The van der Waals surface area contributed by atoms with Crippen LogP contribution in [0.1, 0.15) is 52.4 Å². The first-order chi connectivity index (χ1) is 7.68. The maximum atomic E-state index is 3.82. The van der Waals surface area contributed by atoms with Crippen LogP contribution >= 0.6 is 0 Å². The number of nitrogens with zero attached hydrogens (tertiary/aromatic N) is 1. The molecular formula is C14H28N2. The molecule has 2 unspecified atom stereocenters. The number of hydrogen-bond donors (Lipinski definition) is 1. The summed E-state index contributed by atoms with van der Waals surface area (Å²) in [6.45, 7) is 7.15. The fourth-order valence-electron chi connectivity index (χ4n) is 3.44. The van der Waals surface area contributed by atoms with E-state index in [1.165, 1.54) is 51.6 Å². The van der Waals surface area contributed by atoms with Gasteiger partial charge < -0.3 is 5.32 Å². The van der Waals surface area contributed by atoms with Gasteiger partial charge in [0.15, 0.2) is 0 Å². The minimum absolute atomic E-state index is 0.502. The molecule has 1 saturated carbocycles.